The summed E-state index contributed by atoms with van der Waals surface area (Å²) in [6.07, 6.45) is 7.29. The van der Waals surface area contributed by atoms with Crippen molar-refractivity contribution >= 4 is 17.9 Å². The van der Waals surface area contributed by atoms with Gasteiger partial charge in [-0.15, -0.1) is 0 Å². The molecule has 0 radical (unpaired) electrons. The highest BCUT2D eigenvalue weighted by Crippen LogP contribution is 2.54. The highest BCUT2D eigenvalue weighted by molar-refractivity contribution is 5.93. The summed E-state index contributed by atoms with van der Waals surface area (Å²) < 4.78 is 11.1. The second-order valence-electron chi connectivity index (χ2n) is 13.9. The van der Waals surface area contributed by atoms with Crippen LogP contribution in [0.5, 0.6) is 0 Å². The summed E-state index contributed by atoms with van der Waals surface area (Å²) in [6, 6.07) is 9.42. The Hall–Kier alpha value is -2.65. The lowest BCUT2D eigenvalue weighted by Crippen LogP contribution is -2.59. The van der Waals surface area contributed by atoms with Gasteiger partial charge in [0.1, 0.15) is 17.7 Å². The lowest BCUT2D eigenvalue weighted by atomic mass is 9.94. The fourth-order valence-corrected chi connectivity index (χ4v) is 7.44. The van der Waals surface area contributed by atoms with E-state index in [0.29, 0.717) is 25.3 Å². The van der Waals surface area contributed by atoms with Crippen molar-refractivity contribution < 1.29 is 23.9 Å². The third-order valence-electron chi connectivity index (χ3n) is 9.79. The molecule has 41 heavy (non-hydrogen) atoms. The van der Waals surface area contributed by atoms with Crippen molar-refractivity contribution in [2.45, 2.75) is 126 Å². The van der Waals surface area contributed by atoms with Crippen LogP contribution in [0.15, 0.2) is 30.3 Å². The van der Waals surface area contributed by atoms with Crippen LogP contribution in [0.4, 0.5) is 4.79 Å². The minimum atomic E-state index is -0.726. The second kappa shape index (κ2) is 11.2. The van der Waals surface area contributed by atoms with Gasteiger partial charge in [0.15, 0.2) is 0 Å². The number of carbonyl (C=O) groups is 3. The third-order valence-corrected chi connectivity index (χ3v) is 9.79. The number of rotatable bonds is 6. The van der Waals surface area contributed by atoms with Crippen molar-refractivity contribution in [3.63, 3.8) is 0 Å². The van der Waals surface area contributed by atoms with Crippen LogP contribution in [0.1, 0.15) is 90.0 Å². The highest BCUT2D eigenvalue weighted by Gasteiger charge is 2.58. The van der Waals surface area contributed by atoms with E-state index in [1.54, 1.807) is 0 Å². The normalized spacial score (nSPS) is 32.6. The topological polar surface area (TPSA) is 100 Å². The molecule has 6 atom stereocenters. The molecule has 9 heteroatoms. The van der Waals surface area contributed by atoms with Crippen molar-refractivity contribution in [2.24, 2.45) is 0 Å². The van der Waals surface area contributed by atoms with E-state index in [4.69, 9.17) is 9.47 Å². The number of benzene rings is 1. The Labute approximate surface area is 243 Å². The molecule has 3 amide bonds. The third kappa shape index (κ3) is 6.12. The van der Waals surface area contributed by atoms with Crippen LogP contribution in [0, 0.1) is 0 Å². The Kier molecular flexibility index (Phi) is 7.78. The van der Waals surface area contributed by atoms with Crippen LogP contribution in [0.2, 0.25) is 0 Å². The molecule has 4 heterocycles. The summed E-state index contributed by atoms with van der Waals surface area (Å²) in [5, 5.41) is 6.54. The first-order chi connectivity index (χ1) is 19.6. The summed E-state index contributed by atoms with van der Waals surface area (Å²) >= 11 is 0. The first kappa shape index (κ1) is 28.5. The predicted octanol–water partition coefficient (Wildman–Crippen LogP) is 3.72. The summed E-state index contributed by atoms with van der Waals surface area (Å²) in [6.45, 7) is 7.75. The highest BCUT2D eigenvalue weighted by atomic mass is 16.6. The van der Waals surface area contributed by atoms with Gasteiger partial charge in [-0.25, -0.2) is 4.79 Å². The Morgan fingerprint density at radius 1 is 1.07 bits per heavy atom. The molecule has 4 aliphatic heterocycles. The van der Waals surface area contributed by atoms with Gasteiger partial charge >= 0.3 is 6.09 Å². The number of hydrogen-bond donors (Lipinski definition) is 2. The molecule has 0 aromatic heterocycles. The molecule has 1 aromatic rings. The number of nitrogens with zero attached hydrogens (tertiary/aromatic N) is 2. The monoisotopic (exact) mass is 566 g/mol. The van der Waals surface area contributed by atoms with Gasteiger partial charge in [0.2, 0.25) is 11.8 Å². The molecule has 4 saturated heterocycles. The fraction of sp³-hybridized carbons (Fsp3) is 0.719. The van der Waals surface area contributed by atoms with E-state index < -0.39 is 23.8 Å². The number of likely N-dealkylation sites (tertiary alicyclic amines) is 1. The van der Waals surface area contributed by atoms with E-state index in [0.717, 1.165) is 58.1 Å². The maximum atomic E-state index is 14.3. The molecule has 6 rings (SSSR count). The maximum Gasteiger partial charge on any atom is 0.408 e. The molecule has 1 aromatic carbocycles. The van der Waals surface area contributed by atoms with E-state index in [1.165, 1.54) is 5.56 Å². The molecule has 1 spiro atoms. The van der Waals surface area contributed by atoms with Gasteiger partial charge < -0.3 is 29.9 Å². The van der Waals surface area contributed by atoms with Gasteiger partial charge in [0.05, 0.1) is 6.10 Å². The van der Waals surface area contributed by atoms with E-state index in [-0.39, 0.29) is 35.5 Å². The SMILES string of the molecule is CC(C)(C)OC(=O)N[C@H]1CC[C@H](NC[C@@H]2CCO2)C[C@H]2CC[C@@H](C(=O)N3C[C@H](c4ccccc4)CC34CC4)N2C1=O. The number of fused-ring (bicyclic) bond motifs is 1. The quantitative estimate of drug-likeness (QED) is 0.545. The van der Waals surface area contributed by atoms with Gasteiger partial charge in [-0.05, 0) is 84.1 Å². The van der Waals surface area contributed by atoms with Crippen LogP contribution in [0.25, 0.3) is 0 Å². The van der Waals surface area contributed by atoms with Crippen molar-refractivity contribution in [1.29, 1.82) is 0 Å². The Morgan fingerprint density at radius 2 is 1.83 bits per heavy atom. The van der Waals surface area contributed by atoms with Crippen molar-refractivity contribution in [3.8, 4) is 0 Å². The maximum absolute atomic E-state index is 14.3. The zero-order chi connectivity index (χ0) is 28.8. The van der Waals surface area contributed by atoms with Gasteiger partial charge in [-0.3, -0.25) is 9.59 Å². The molecule has 5 aliphatic rings. The van der Waals surface area contributed by atoms with E-state index in [1.807, 2.05) is 31.7 Å². The number of nitrogens with one attached hydrogen (secondary N) is 2. The lowest BCUT2D eigenvalue weighted by molar-refractivity contribution is -0.148. The molecule has 224 valence electrons. The van der Waals surface area contributed by atoms with Gasteiger partial charge in [0, 0.05) is 43.2 Å². The summed E-state index contributed by atoms with van der Waals surface area (Å²) in [5.41, 5.74) is 0.550. The predicted molar refractivity (Wildman–Crippen MR) is 154 cm³/mol. The summed E-state index contributed by atoms with van der Waals surface area (Å²) in [7, 11) is 0. The van der Waals surface area contributed by atoms with Crippen molar-refractivity contribution in [2.75, 3.05) is 19.7 Å². The van der Waals surface area contributed by atoms with Gasteiger partial charge in [0.25, 0.3) is 0 Å². The molecule has 2 N–H and O–H groups in total. The van der Waals surface area contributed by atoms with E-state index >= 15 is 0 Å². The number of ether oxygens (including phenoxy) is 2. The van der Waals surface area contributed by atoms with Gasteiger partial charge in [-0.1, -0.05) is 30.3 Å². The first-order valence-electron chi connectivity index (χ1n) is 15.6. The van der Waals surface area contributed by atoms with Crippen LogP contribution in [0.3, 0.4) is 0 Å². The molecule has 1 aliphatic carbocycles. The van der Waals surface area contributed by atoms with Crippen LogP contribution in [-0.2, 0) is 19.1 Å². The van der Waals surface area contributed by atoms with Gasteiger partial charge in [-0.2, -0.15) is 0 Å². The molecule has 0 unspecified atom stereocenters. The Bertz CT molecular complexity index is 1130. The second-order valence-corrected chi connectivity index (χ2v) is 13.9. The fourth-order valence-electron chi connectivity index (χ4n) is 7.44. The van der Waals surface area contributed by atoms with Crippen LogP contribution >= 0.6 is 0 Å². The molecule has 0 bridgehead atoms. The Morgan fingerprint density at radius 3 is 2.49 bits per heavy atom. The molecular formula is C32H46N4O5. The largest absolute Gasteiger partial charge is 0.444 e. The molecule has 5 fully saturated rings. The number of hydrogen-bond acceptors (Lipinski definition) is 6. The van der Waals surface area contributed by atoms with Crippen molar-refractivity contribution in [3.05, 3.63) is 35.9 Å². The average Bonchev–Trinajstić information content (AvgIpc) is 3.38. The Balaban J connectivity index is 1.21. The van der Waals surface area contributed by atoms with Crippen LogP contribution < -0.4 is 10.6 Å². The standard InChI is InChI=1S/C32H46N4O5/c1-31(2,3)41-30(39)34-26-11-9-23(33-19-25-13-16-40-25)17-24-10-12-27(36(24)28(26)37)29(38)35-20-22(18-32(35)14-15-32)21-7-5-4-6-8-21/h4-8,22-27,33H,9-20H2,1-3H3,(H,34,39)/t22-,23+,24-,25+,26+,27+/m1/s1. The number of carbonyl (C=O) groups excluding carboxylic acids is 3. The zero-order valence-electron chi connectivity index (χ0n) is 24.8. The minimum absolute atomic E-state index is 0.0397. The summed E-state index contributed by atoms with van der Waals surface area (Å²) in [5.74, 6) is 0.258. The van der Waals surface area contributed by atoms with Crippen LogP contribution in [-0.4, -0.2) is 88.8 Å². The smallest absolute Gasteiger partial charge is 0.408 e. The number of amides is 3. The summed E-state index contributed by atoms with van der Waals surface area (Å²) in [4.78, 5) is 45.2. The van der Waals surface area contributed by atoms with E-state index in [9.17, 15) is 14.4 Å². The minimum Gasteiger partial charge on any atom is -0.444 e. The van der Waals surface area contributed by atoms with E-state index in [2.05, 4.69) is 39.8 Å². The molecule has 1 saturated carbocycles. The number of alkyl carbamates (subject to hydrolysis) is 1. The molecule has 9 nitrogen and oxygen atoms in total. The first-order valence-corrected chi connectivity index (χ1v) is 15.6. The zero-order valence-corrected chi connectivity index (χ0v) is 24.8. The van der Waals surface area contributed by atoms with Crippen molar-refractivity contribution in [1.82, 2.24) is 20.4 Å². The lowest BCUT2D eigenvalue weighted by Gasteiger charge is -2.40. The molecular weight excluding hydrogens is 520 g/mol. The average molecular weight is 567 g/mol.